The molecule has 1 rings (SSSR count). The average Bonchev–Trinajstić information content (AvgIpc) is 2.50. The molecule has 0 radical (unpaired) electrons. The number of amides is 1. The molecule has 0 spiro atoms. The van der Waals surface area contributed by atoms with E-state index >= 15 is 0 Å². The van der Waals surface area contributed by atoms with E-state index < -0.39 is 34.2 Å². The van der Waals surface area contributed by atoms with Crippen LogP contribution in [-0.2, 0) is 27.3 Å². The summed E-state index contributed by atoms with van der Waals surface area (Å²) in [5.74, 6) is -0.556. The average molecular weight is 410 g/mol. The van der Waals surface area contributed by atoms with Gasteiger partial charge in [0, 0.05) is 24.1 Å². The summed E-state index contributed by atoms with van der Waals surface area (Å²) in [6.07, 6.45) is -0.952. The van der Waals surface area contributed by atoms with E-state index in [0.717, 1.165) is 0 Å². The van der Waals surface area contributed by atoms with Crippen molar-refractivity contribution >= 4 is 17.7 Å². The lowest BCUT2D eigenvalue weighted by molar-refractivity contribution is -0.385. The van der Waals surface area contributed by atoms with Gasteiger partial charge in [0.05, 0.1) is 18.0 Å². The maximum absolute atomic E-state index is 12.3. The number of alkyl carbamates (subject to hydrolysis) is 1. The SMILES string of the molecule is CC(C)(C)OC(=O)C[C@H](Cc1cc(CO)ccc1[N+](=O)[O-])NC(=O)OC(C)(C)C. The third kappa shape index (κ3) is 9.38. The molecule has 2 N–H and O–H groups in total. The Balaban J connectivity index is 3.12. The summed E-state index contributed by atoms with van der Waals surface area (Å²) >= 11 is 0. The van der Waals surface area contributed by atoms with Gasteiger partial charge in [0.15, 0.2) is 0 Å². The van der Waals surface area contributed by atoms with E-state index in [9.17, 15) is 24.8 Å². The van der Waals surface area contributed by atoms with E-state index in [1.807, 2.05) is 0 Å². The normalized spacial score (nSPS) is 12.8. The van der Waals surface area contributed by atoms with Crippen LogP contribution in [0.15, 0.2) is 18.2 Å². The number of benzene rings is 1. The Labute approximate surface area is 170 Å². The minimum absolute atomic E-state index is 0.0113. The third-order valence-electron chi connectivity index (χ3n) is 3.54. The Morgan fingerprint density at radius 3 is 2.21 bits per heavy atom. The molecule has 0 aromatic heterocycles. The summed E-state index contributed by atoms with van der Waals surface area (Å²) in [5.41, 5.74) is -0.855. The van der Waals surface area contributed by atoms with Crippen molar-refractivity contribution in [2.75, 3.05) is 0 Å². The second-order valence-corrected chi connectivity index (χ2v) is 8.72. The molecule has 0 unspecified atom stereocenters. The first-order valence-corrected chi connectivity index (χ1v) is 9.28. The molecule has 162 valence electrons. The molecule has 0 aliphatic carbocycles. The zero-order chi connectivity index (χ0) is 22.4. The van der Waals surface area contributed by atoms with E-state index in [4.69, 9.17) is 9.47 Å². The summed E-state index contributed by atoms with van der Waals surface area (Å²) < 4.78 is 10.5. The lowest BCUT2D eigenvalue weighted by atomic mass is 9.99. The van der Waals surface area contributed by atoms with Crippen LogP contribution in [0.25, 0.3) is 0 Å². The number of hydrogen-bond acceptors (Lipinski definition) is 7. The van der Waals surface area contributed by atoms with Crippen molar-refractivity contribution in [1.29, 1.82) is 0 Å². The van der Waals surface area contributed by atoms with Crippen LogP contribution in [0.1, 0.15) is 59.1 Å². The number of nitrogens with one attached hydrogen (secondary N) is 1. The minimum atomic E-state index is -0.799. The molecule has 1 amide bonds. The molecule has 0 aliphatic rings. The van der Waals surface area contributed by atoms with Crippen molar-refractivity contribution in [3.63, 3.8) is 0 Å². The molecule has 0 fully saturated rings. The Morgan fingerprint density at radius 1 is 1.14 bits per heavy atom. The van der Waals surface area contributed by atoms with Gasteiger partial charge in [0.25, 0.3) is 5.69 Å². The molecule has 29 heavy (non-hydrogen) atoms. The largest absolute Gasteiger partial charge is 0.460 e. The zero-order valence-corrected chi connectivity index (χ0v) is 17.8. The fourth-order valence-electron chi connectivity index (χ4n) is 2.58. The Hall–Kier alpha value is -2.68. The van der Waals surface area contributed by atoms with Crippen LogP contribution in [0, 0.1) is 10.1 Å². The minimum Gasteiger partial charge on any atom is -0.460 e. The van der Waals surface area contributed by atoms with Crippen molar-refractivity contribution in [3.8, 4) is 0 Å². The Bertz CT molecular complexity index is 718. The molecule has 9 nitrogen and oxygen atoms in total. The smallest absolute Gasteiger partial charge is 0.407 e. The number of aliphatic hydroxyl groups excluding tert-OH is 1. The molecule has 0 saturated heterocycles. The van der Waals surface area contributed by atoms with E-state index in [1.165, 1.54) is 18.2 Å². The molecular weight excluding hydrogens is 380 g/mol. The van der Waals surface area contributed by atoms with Crippen molar-refractivity contribution < 1.29 is 29.1 Å². The predicted molar refractivity (Wildman–Crippen MR) is 106 cm³/mol. The molecule has 1 atom stereocenters. The number of hydrogen-bond donors (Lipinski definition) is 2. The van der Waals surface area contributed by atoms with E-state index in [-0.39, 0.29) is 30.7 Å². The summed E-state index contributed by atoms with van der Waals surface area (Å²) in [7, 11) is 0. The second kappa shape index (κ2) is 9.69. The summed E-state index contributed by atoms with van der Waals surface area (Å²) in [5, 5.41) is 23.3. The zero-order valence-electron chi connectivity index (χ0n) is 17.8. The maximum atomic E-state index is 12.3. The van der Waals surface area contributed by atoms with E-state index in [1.54, 1.807) is 41.5 Å². The number of rotatable bonds is 7. The van der Waals surface area contributed by atoms with Gasteiger partial charge in [0.1, 0.15) is 11.2 Å². The van der Waals surface area contributed by atoms with Crippen LogP contribution >= 0.6 is 0 Å². The van der Waals surface area contributed by atoms with Crippen LogP contribution in [-0.4, -0.2) is 39.3 Å². The van der Waals surface area contributed by atoms with Crippen molar-refractivity contribution in [3.05, 3.63) is 39.4 Å². The highest BCUT2D eigenvalue weighted by Gasteiger charge is 2.27. The highest BCUT2D eigenvalue weighted by Crippen LogP contribution is 2.23. The molecule has 1 aromatic rings. The van der Waals surface area contributed by atoms with Gasteiger partial charge in [-0.3, -0.25) is 14.9 Å². The number of nitro groups is 1. The van der Waals surface area contributed by atoms with Gasteiger partial charge in [-0.05, 0) is 59.2 Å². The van der Waals surface area contributed by atoms with Crippen LogP contribution in [0.5, 0.6) is 0 Å². The highest BCUT2D eigenvalue weighted by atomic mass is 16.6. The second-order valence-electron chi connectivity index (χ2n) is 8.72. The Morgan fingerprint density at radius 2 is 1.72 bits per heavy atom. The topological polar surface area (TPSA) is 128 Å². The molecule has 0 bridgehead atoms. The standard InChI is InChI=1S/C20H30N2O7/c1-19(2,3)28-17(24)11-15(21-18(25)29-20(4,5)6)10-14-9-13(12-23)7-8-16(14)22(26)27/h7-9,15,23H,10-12H2,1-6H3,(H,21,25)/t15-/m0/s1. The number of ether oxygens (including phenoxy) is 2. The number of nitrogens with zero attached hydrogens (tertiary/aromatic N) is 1. The number of carbonyl (C=O) groups excluding carboxylic acids is 2. The van der Waals surface area contributed by atoms with E-state index in [2.05, 4.69) is 5.32 Å². The van der Waals surface area contributed by atoms with Gasteiger partial charge in [-0.15, -0.1) is 0 Å². The lowest BCUT2D eigenvalue weighted by Gasteiger charge is -2.25. The van der Waals surface area contributed by atoms with Crippen molar-refractivity contribution in [2.45, 2.75) is 78.2 Å². The molecule has 9 heteroatoms. The van der Waals surface area contributed by atoms with Gasteiger partial charge in [-0.25, -0.2) is 4.79 Å². The van der Waals surface area contributed by atoms with Gasteiger partial charge in [-0.1, -0.05) is 0 Å². The van der Waals surface area contributed by atoms with E-state index in [0.29, 0.717) is 5.56 Å². The van der Waals surface area contributed by atoms with Crippen molar-refractivity contribution in [2.24, 2.45) is 0 Å². The predicted octanol–water partition coefficient (Wildman–Crippen LogP) is 3.25. The molecular formula is C20H30N2O7. The maximum Gasteiger partial charge on any atom is 0.407 e. The van der Waals surface area contributed by atoms with Gasteiger partial charge >= 0.3 is 12.1 Å². The quantitative estimate of drug-likeness (QED) is 0.401. The van der Waals surface area contributed by atoms with Crippen LogP contribution in [0.2, 0.25) is 0 Å². The first kappa shape index (κ1) is 24.4. The summed E-state index contributed by atoms with van der Waals surface area (Å²) in [4.78, 5) is 35.3. The molecule has 0 aliphatic heterocycles. The first-order chi connectivity index (χ1) is 13.2. The Kier molecular flexibility index (Phi) is 8.14. The lowest BCUT2D eigenvalue weighted by Crippen LogP contribution is -2.42. The number of nitro benzene ring substituents is 1. The fraction of sp³-hybridized carbons (Fsp3) is 0.600. The monoisotopic (exact) mass is 410 g/mol. The highest BCUT2D eigenvalue weighted by molar-refractivity contribution is 5.73. The number of esters is 1. The first-order valence-electron chi connectivity index (χ1n) is 9.28. The van der Waals surface area contributed by atoms with Gasteiger partial charge < -0.3 is 19.9 Å². The van der Waals surface area contributed by atoms with Gasteiger partial charge in [-0.2, -0.15) is 0 Å². The molecule has 0 heterocycles. The van der Waals surface area contributed by atoms with Crippen LogP contribution < -0.4 is 5.32 Å². The van der Waals surface area contributed by atoms with Crippen molar-refractivity contribution in [1.82, 2.24) is 5.32 Å². The van der Waals surface area contributed by atoms with Crippen LogP contribution in [0.4, 0.5) is 10.5 Å². The molecule has 0 saturated carbocycles. The summed E-state index contributed by atoms with van der Waals surface area (Å²) in [6.45, 7) is 9.96. The number of aliphatic hydroxyl groups is 1. The molecule has 1 aromatic carbocycles. The fourth-order valence-corrected chi connectivity index (χ4v) is 2.58. The summed E-state index contributed by atoms with van der Waals surface area (Å²) in [6, 6.07) is 3.43. The van der Waals surface area contributed by atoms with Crippen LogP contribution in [0.3, 0.4) is 0 Å². The third-order valence-corrected chi connectivity index (χ3v) is 3.54. The van der Waals surface area contributed by atoms with Gasteiger partial charge in [0.2, 0.25) is 0 Å². The number of carbonyl (C=O) groups is 2.